The first-order valence-corrected chi connectivity index (χ1v) is 7.88. The molecule has 0 aliphatic carbocycles. The Morgan fingerprint density at radius 1 is 1.12 bits per heavy atom. The van der Waals surface area contributed by atoms with Crippen LogP contribution in [0.15, 0.2) is 54.9 Å². The lowest BCUT2D eigenvalue weighted by molar-refractivity contribution is 0.0962. The summed E-state index contributed by atoms with van der Waals surface area (Å²) in [6, 6.07) is 12.4. The first-order valence-electron chi connectivity index (χ1n) is 7.88. The van der Waals surface area contributed by atoms with Gasteiger partial charge in [0.15, 0.2) is 0 Å². The molecular formula is C18H15FN4O2. The van der Waals surface area contributed by atoms with Crippen molar-refractivity contribution < 1.29 is 13.9 Å². The summed E-state index contributed by atoms with van der Waals surface area (Å²) in [5.41, 5.74) is 1.58. The molecule has 2 aromatic heterocycles. The van der Waals surface area contributed by atoms with Crippen molar-refractivity contribution in [3.63, 3.8) is 0 Å². The minimum absolute atomic E-state index is 0.225. The molecule has 0 spiro atoms. The number of hydrogen-bond acceptors (Lipinski definition) is 4. The van der Waals surface area contributed by atoms with Crippen LogP contribution in [0.4, 0.5) is 10.1 Å². The second-order valence-corrected chi connectivity index (χ2v) is 5.66. The van der Waals surface area contributed by atoms with Gasteiger partial charge in [-0.05, 0) is 18.2 Å². The molecule has 25 heavy (non-hydrogen) atoms. The number of fused-ring (bicyclic) bond motifs is 1. The molecule has 0 N–H and O–H groups in total. The van der Waals surface area contributed by atoms with Gasteiger partial charge in [0.2, 0.25) is 0 Å². The first-order chi connectivity index (χ1) is 12.2. The van der Waals surface area contributed by atoms with Crippen LogP contribution in [-0.4, -0.2) is 27.2 Å². The zero-order valence-corrected chi connectivity index (χ0v) is 13.3. The van der Waals surface area contributed by atoms with Crippen molar-refractivity contribution in [1.29, 1.82) is 0 Å². The molecule has 0 radical (unpaired) electrons. The number of amides is 1. The highest BCUT2D eigenvalue weighted by molar-refractivity contribution is 6.05. The minimum Gasteiger partial charge on any atom is -0.487 e. The van der Waals surface area contributed by atoms with Crippen molar-refractivity contribution in [2.24, 2.45) is 0 Å². The highest BCUT2D eigenvalue weighted by atomic mass is 19.1. The summed E-state index contributed by atoms with van der Waals surface area (Å²) in [5.74, 6) is 0.0469. The fourth-order valence-corrected chi connectivity index (χ4v) is 2.79. The summed E-state index contributed by atoms with van der Waals surface area (Å²) >= 11 is 0. The smallest absolute Gasteiger partial charge is 0.276 e. The van der Waals surface area contributed by atoms with Gasteiger partial charge in [-0.2, -0.15) is 5.10 Å². The van der Waals surface area contributed by atoms with Gasteiger partial charge >= 0.3 is 0 Å². The van der Waals surface area contributed by atoms with E-state index in [2.05, 4.69) is 10.1 Å². The topological polar surface area (TPSA) is 60.2 Å². The highest BCUT2D eigenvalue weighted by Gasteiger charge is 2.28. The number of halogens is 1. The van der Waals surface area contributed by atoms with Gasteiger partial charge in [-0.1, -0.05) is 18.2 Å². The van der Waals surface area contributed by atoms with Crippen molar-refractivity contribution in [2.45, 2.75) is 13.2 Å². The summed E-state index contributed by atoms with van der Waals surface area (Å²) in [6.45, 7) is 1.22. The third-order valence-corrected chi connectivity index (χ3v) is 3.96. The van der Waals surface area contributed by atoms with Crippen molar-refractivity contribution >= 4 is 11.6 Å². The molecule has 3 aromatic rings. The van der Waals surface area contributed by atoms with Crippen LogP contribution in [0.5, 0.6) is 5.75 Å². The number of ether oxygens (including phenoxy) is 1. The molecule has 1 aliphatic heterocycles. The minimum atomic E-state index is -0.471. The standard InChI is InChI=1S/C18H15FN4O2/c19-13-8-15(11-20-10-13)22-6-7-23-17(18(22)24)9-14(21-23)12-25-16-4-2-1-3-5-16/h1-5,8-11H,6-7,12H2. The van der Waals surface area contributed by atoms with Gasteiger partial charge < -0.3 is 9.64 Å². The molecule has 6 nitrogen and oxygen atoms in total. The molecule has 1 aromatic carbocycles. The molecule has 3 heterocycles. The number of benzene rings is 1. The van der Waals surface area contributed by atoms with Crippen LogP contribution in [0.2, 0.25) is 0 Å². The largest absolute Gasteiger partial charge is 0.487 e. The lowest BCUT2D eigenvalue weighted by Gasteiger charge is -2.27. The fourth-order valence-electron chi connectivity index (χ4n) is 2.79. The molecule has 0 saturated carbocycles. The Morgan fingerprint density at radius 2 is 1.96 bits per heavy atom. The van der Waals surface area contributed by atoms with E-state index >= 15 is 0 Å². The van der Waals surface area contributed by atoms with Crippen molar-refractivity contribution in [2.75, 3.05) is 11.4 Å². The Labute approximate surface area is 143 Å². The predicted molar refractivity (Wildman–Crippen MR) is 88.9 cm³/mol. The van der Waals surface area contributed by atoms with E-state index in [1.807, 2.05) is 30.3 Å². The molecule has 126 valence electrons. The summed E-state index contributed by atoms with van der Waals surface area (Å²) in [7, 11) is 0. The predicted octanol–water partition coefficient (Wildman–Crippen LogP) is 2.66. The third kappa shape index (κ3) is 3.08. The Kier molecular flexibility index (Phi) is 3.89. The van der Waals surface area contributed by atoms with E-state index in [0.29, 0.717) is 30.2 Å². The van der Waals surface area contributed by atoms with E-state index in [4.69, 9.17) is 4.74 Å². The van der Waals surface area contributed by atoms with Gasteiger partial charge in [0.05, 0.1) is 24.6 Å². The van der Waals surface area contributed by atoms with Crippen LogP contribution in [0.3, 0.4) is 0 Å². The lowest BCUT2D eigenvalue weighted by Crippen LogP contribution is -2.40. The number of carbonyl (C=O) groups is 1. The van der Waals surface area contributed by atoms with Gasteiger partial charge in [-0.3, -0.25) is 14.5 Å². The molecule has 1 amide bonds. The van der Waals surface area contributed by atoms with Gasteiger partial charge in [0.25, 0.3) is 5.91 Å². The Hall–Kier alpha value is -3.22. The number of para-hydroxylation sites is 1. The Balaban J connectivity index is 1.53. The number of anilines is 1. The number of nitrogens with zero attached hydrogens (tertiary/aromatic N) is 4. The normalized spacial score (nSPS) is 13.6. The monoisotopic (exact) mass is 338 g/mol. The van der Waals surface area contributed by atoms with E-state index in [1.165, 1.54) is 17.2 Å². The summed E-state index contributed by atoms with van der Waals surface area (Å²) < 4.78 is 20.7. The number of hydrogen-bond donors (Lipinski definition) is 0. The van der Waals surface area contributed by atoms with Crippen LogP contribution in [0, 0.1) is 5.82 Å². The third-order valence-electron chi connectivity index (χ3n) is 3.96. The Morgan fingerprint density at radius 3 is 2.76 bits per heavy atom. The van der Waals surface area contributed by atoms with Crippen LogP contribution in [0.25, 0.3) is 0 Å². The summed E-state index contributed by atoms with van der Waals surface area (Å²) in [5, 5.41) is 4.42. The maximum absolute atomic E-state index is 13.4. The molecule has 0 fully saturated rings. The number of pyridine rings is 1. The van der Waals surface area contributed by atoms with Gasteiger partial charge in [-0.25, -0.2) is 4.39 Å². The summed E-state index contributed by atoms with van der Waals surface area (Å²) in [6.07, 6.45) is 2.59. The zero-order valence-electron chi connectivity index (χ0n) is 13.3. The molecule has 0 saturated heterocycles. The van der Waals surface area contributed by atoms with E-state index in [-0.39, 0.29) is 12.5 Å². The molecule has 0 bridgehead atoms. The maximum Gasteiger partial charge on any atom is 0.276 e. The SMILES string of the molecule is O=C1c2cc(COc3ccccc3)nn2CCN1c1cncc(F)c1. The number of carbonyl (C=O) groups excluding carboxylic acids is 1. The van der Waals surface area contributed by atoms with Crippen molar-refractivity contribution in [3.8, 4) is 5.75 Å². The molecule has 0 unspecified atom stereocenters. The quantitative estimate of drug-likeness (QED) is 0.734. The number of aromatic nitrogens is 3. The Bertz CT molecular complexity index is 910. The average molecular weight is 338 g/mol. The van der Waals surface area contributed by atoms with Gasteiger partial charge in [-0.15, -0.1) is 0 Å². The summed E-state index contributed by atoms with van der Waals surface area (Å²) in [4.78, 5) is 18.0. The van der Waals surface area contributed by atoms with Crippen LogP contribution in [-0.2, 0) is 13.2 Å². The second kappa shape index (κ2) is 6.35. The highest BCUT2D eigenvalue weighted by Crippen LogP contribution is 2.22. The number of rotatable bonds is 4. The van der Waals surface area contributed by atoms with Gasteiger partial charge in [0, 0.05) is 12.6 Å². The van der Waals surface area contributed by atoms with Gasteiger partial charge in [0.1, 0.15) is 29.6 Å². The van der Waals surface area contributed by atoms with E-state index in [9.17, 15) is 9.18 Å². The maximum atomic E-state index is 13.4. The van der Waals surface area contributed by atoms with Crippen molar-refractivity contribution in [3.05, 3.63) is 72.1 Å². The fraction of sp³-hybridized carbons (Fsp3) is 0.167. The van der Waals surface area contributed by atoms with Crippen molar-refractivity contribution in [1.82, 2.24) is 14.8 Å². The molecule has 1 aliphatic rings. The van der Waals surface area contributed by atoms with Crippen LogP contribution < -0.4 is 9.64 Å². The van der Waals surface area contributed by atoms with E-state index in [1.54, 1.807) is 10.7 Å². The van der Waals surface area contributed by atoms with Crippen LogP contribution >= 0.6 is 0 Å². The first kappa shape index (κ1) is 15.3. The second-order valence-electron chi connectivity index (χ2n) is 5.66. The van der Waals surface area contributed by atoms with E-state index < -0.39 is 5.82 Å². The zero-order chi connectivity index (χ0) is 17.2. The van der Waals surface area contributed by atoms with E-state index in [0.717, 1.165) is 11.9 Å². The molecule has 4 rings (SSSR count). The lowest BCUT2D eigenvalue weighted by atomic mass is 10.2. The average Bonchev–Trinajstić information content (AvgIpc) is 3.05. The molecule has 0 atom stereocenters. The van der Waals surface area contributed by atoms with Crippen LogP contribution in [0.1, 0.15) is 16.2 Å². The molecular weight excluding hydrogens is 323 g/mol. The molecule has 7 heteroatoms.